The summed E-state index contributed by atoms with van der Waals surface area (Å²) in [4.78, 5) is 34.6. The number of carboxylic acids is 1. The van der Waals surface area contributed by atoms with E-state index in [0.29, 0.717) is 0 Å². The van der Waals surface area contributed by atoms with Gasteiger partial charge in [-0.3, -0.25) is 4.79 Å². The average molecular weight is 392 g/mol. The zero-order valence-electron chi connectivity index (χ0n) is 14.1. The number of nitrogens with one attached hydrogen (secondary N) is 2. The molecule has 0 heterocycles. The quantitative estimate of drug-likeness (QED) is 0.473. The van der Waals surface area contributed by atoms with Gasteiger partial charge in [-0.05, 0) is 20.8 Å². The second-order valence-electron chi connectivity index (χ2n) is 5.79. The van der Waals surface area contributed by atoms with Gasteiger partial charge in [0.1, 0.15) is 11.6 Å². The van der Waals surface area contributed by atoms with Crippen LogP contribution >= 0.6 is 0 Å². The lowest BCUT2D eigenvalue weighted by molar-refractivity contribution is -0.158. The lowest BCUT2D eigenvalue weighted by atomic mass is 10.2. The van der Waals surface area contributed by atoms with E-state index >= 15 is 0 Å². The Morgan fingerprint density at radius 2 is 1.38 bits per heavy atom. The summed E-state index contributed by atoms with van der Waals surface area (Å²) in [6.07, 6.45) is -1.16. The van der Waals surface area contributed by atoms with Crippen molar-refractivity contribution in [3.63, 3.8) is 0 Å². The summed E-state index contributed by atoms with van der Waals surface area (Å²) in [5, 5.41) is 12.6. The molecule has 0 aromatic carbocycles. The van der Waals surface area contributed by atoms with Crippen molar-refractivity contribution < 1.29 is 51.3 Å². The van der Waals surface area contributed by atoms with E-state index in [9.17, 15) is 31.9 Å². The number of amides is 2. The van der Waals surface area contributed by atoms with Crippen LogP contribution in [0.2, 0.25) is 0 Å². The van der Waals surface area contributed by atoms with Gasteiger partial charge in [-0.2, -0.15) is 17.6 Å². The van der Waals surface area contributed by atoms with Gasteiger partial charge in [0.05, 0.1) is 13.2 Å². The lowest BCUT2D eigenvalue weighted by Gasteiger charge is -2.24. The van der Waals surface area contributed by atoms with E-state index in [4.69, 9.17) is 9.84 Å². The topological polar surface area (TPSA) is 123 Å². The SMILES string of the molecule is CC(C)(C)OC(=O)N[C@@H](COC(F)F)C(=O)NC(COC(F)F)C(=O)O. The number of ether oxygens (including phenoxy) is 3. The predicted octanol–water partition coefficient (Wildman–Crippen LogP) is 0.927. The first kappa shape index (κ1) is 23.9. The molecule has 1 unspecified atom stereocenters. The average Bonchev–Trinajstić information content (AvgIpc) is 2.44. The molecule has 9 nitrogen and oxygen atoms in total. The molecule has 0 aliphatic heterocycles. The molecule has 3 N–H and O–H groups in total. The minimum atomic E-state index is -3.29. The molecule has 152 valence electrons. The number of alkyl carbamates (subject to hydrolysis) is 1. The number of alkyl halides is 4. The van der Waals surface area contributed by atoms with E-state index in [0.717, 1.165) is 0 Å². The second-order valence-corrected chi connectivity index (χ2v) is 5.79. The van der Waals surface area contributed by atoms with Gasteiger partial charge >= 0.3 is 25.3 Å². The molecule has 0 spiro atoms. The van der Waals surface area contributed by atoms with Gasteiger partial charge in [0, 0.05) is 0 Å². The van der Waals surface area contributed by atoms with Crippen LogP contribution in [0.3, 0.4) is 0 Å². The normalized spacial score (nSPS) is 14.0. The van der Waals surface area contributed by atoms with E-state index < -0.39 is 62.1 Å². The molecule has 0 rings (SSSR count). The monoisotopic (exact) mass is 392 g/mol. The van der Waals surface area contributed by atoms with Gasteiger partial charge in [0.2, 0.25) is 5.91 Å². The maximum absolute atomic E-state index is 12.2. The van der Waals surface area contributed by atoms with Gasteiger partial charge in [0.25, 0.3) is 0 Å². The highest BCUT2D eigenvalue weighted by atomic mass is 19.3. The van der Waals surface area contributed by atoms with Crippen LogP contribution in [-0.4, -0.2) is 67.2 Å². The van der Waals surface area contributed by atoms with Gasteiger partial charge in [0.15, 0.2) is 6.04 Å². The largest absolute Gasteiger partial charge is 0.480 e. The summed E-state index contributed by atoms with van der Waals surface area (Å²) >= 11 is 0. The van der Waals surface area contributed by atoms with Crippen LogP contribution in [0.4, 0.5) is 22.4 Å². The molecule has 0 fully saturated rings. The van der Waals surface area contributed by atoms with Crippen molar-refractivity contribution >= 4 is 18.0 Å². The van der Waals surface area contributed by atoms with Crippen LogP contribution < -0.4 is 10.6 Å². The van der Waals surface area contributed by atoms with Crippen LogP contribution in [0.1, 0.15) is 20.8 Å². The summed E-state index contributed by atoms with van der Waals surface area (Å²) in [5.74, 6) is -2.99. The van der Waals surface area contributed by atoms with Crippen LogP contribution in [0.15, 0.2) is 0 Å². The molecule has 0 radical (unpaired) electrons. The van der Waals surface area contributed by atoms with Crippen molar-refractivity contribution in [3.8, 4) is 0 Å². The molecule has 0 saturated heterocycles. The Hall–Kier alpha value is -2.15. The number of hydrogen-bond donors (Lipinski definition) is 3. The van der Waals surface area contributed by atoms with Crippen molar-refractivity contribution in [1.29, 1.82) is 0 Å². The van der Waals surface area contributed by atoms with Gasteiger partial charge in [-0.15, -0.1) is 0 Å². The number of aliphatic carboxylic acids is 1. The van der Waals surface area contributed by atoms with Crippen LogP contribution in [0.25, 0.3) is 0 Å². The highest BCUT2D eigenvalue weighted by molar-refractivity contribution is 5.89. The third-order valence-corrected chi connectivity index (χ3v) is 2.40. The first-order chi connectivity index (χ1) is 11.8. The molecular formula is C13H20F4N2O7. The molecule has 0 saturated carbocycles. The van der Waals surface area contributed by atoms with Crippen molar-refractivity contribution in [2.75, 3.05) is 13.2 Å². The van der Waals surface area contributed by atoms with Gasteiger partial charge in [-0.1, -0.05) is 0 Å². The number of halogens is 4. The standard InChI is InChI=1S/C13H20F4N2O7/c1-13(2,3)26-12(23)19-6(4-24-10(14)15)8(20)18-7(9(21)22)5-25-11(16)17/h6-7,10-11H,4-5H2,1-3H3,(H,18,20)(H,19,23)(H,21,22)/t6-,7?/m0/s1. The molecule has 0 aromatic rings. The Bertz CT molecular complexity index is 486. The summed E-state index contributed by atoms with van der Waals surface area (Å²) in [7, 11) is 0. The van der Waals surface area contributed by atoms with E-state index in [2.05, 4.69) is 9.47 Å². The fourth-order valence-corrected chi connectivity index (χ4v) is 1.42. The third-order valence-electron chi connectivity index (χ3n) is 2.40. The van der Waals surface area contributed by atoms with Crippen molar-refractivity contribution in [2.45, 2.75) is 51.7 Å². The fourth-order valence-electron chi connectivity index (χ4n) is 1.42. The van der Waals surface area contributed by atoms with Gasteiger partial charge in [-0.25, -0.2) is 9.59 Å². The number of rotatable bonds is 10. The maximum atomic E-state index is 12.2. The lowest BCUT2D eigenvalue weighted by Crippen LogP contribution is -2.55. The number of carboxylic acid groups (broad SMARTS) is 1. The summed E-state index contributed by atoms with van der Waals surface area (Å²) in [6, 6.07) is -3.68. The van der Waals surface area contributed by atoms with Crippen molar-refractivity contribution in [1.82, 2.24) is 10.6 Å². The highest BCUT2D eigenvalue weighted by Gasteiger charge is 2.30. The Morgan fingerprint density at radius 1 is 0.923 bits per heavy atom. The van der Waals surface area contributed by atoms with Crippen LogP contribution in [-0.2, 0) is 23.8 Å². The molecule has 13 heteroatoms. The van der Waals surface area contributed by atoms with Crippen molar-refractivity contribution in [2.24, 2.45) is 0 Å². The summed E-state index contributed by atoms with van der Waals surface area (Å²) in [5.41, 5.74) is -0.969. The van der Waals surface area contributed by atoms with Gasteiger partial charge < -0.3 is 30.0 Å². The zero-order chi connectivity index (χ0) is 20.5. The molecule has 0 aliphatic carbocycles. The smallest absolute Gasteiger partial charge is 0.408 e. The first-order valence-corrected chi connectivity index (χ1v) is 7.14. The molecule has 2 amide bonds. The van der Waals surface area contributed by atoms with E-state index in [1.54, 1.807) is 5.32 Å². The molecule has 0 aromatic heterocycles. The second kappa shape index (κ2) is 10.8. The number of carbonyl (C=O) groups excluding carboxylic acids is 2. The Balaban J connectivity index is 5.00. The molecule has 2 atom stereocenters. The molecular weight excluding hydrogens is 372 g/mol. The molecule has 0 aliphatic rings. The fraction of sp³-hybridized carbons (Fsp3) is 0.769. The van der Waals surface area contributed by atoms with E-state index in [1.165, 1.54) is 20.8 Å². The predicted molar refractivity (Wildman–Crippen MR) is 76.6 cm³/mol. The van der Waals surface area contributed by atoms with Crippen LogP contribution in [0, 0.1) is 0 Å². The highest BCUT2D eigenvalue weighted by Crippen LogP contribution is 2.07. The summed E-state index contributed by atoms with van der Waals surface area (Å²) in [6.45, 7) is -4.17. The molecule has 0 bridgehead atoms. The van der Waals surface area contributed by atoms with E-state index in [-0.39, 0.29) is 0 Å². The zero-order valence-corrected chi connectivity index (χ0v) is 14.1. The Kier molecular flexibility index (Phi) is 9.86. The minimum Gasteiger partial charge on any atom is -0.480 e. The number of hydrogen-bond acceptors (Lipinski definition) is 6. The molecule has 26 heavy (non-hydrogen) atoms. The first-order valence-electron chi connectivity index (χ1n) is 7.14. The van der Waals surface area contributed by atoms with Crippen LogP contribution in [0.5, 0.6) is 0 Å². The Labute approximate surface area is 145 Å². The third kappa shape index (κ3) is 11.4. The van der Waals surface area contributed by atoms with E-state index in [1.807, 2.05) is 5.32 Å². The number of carbonyl (C=O) groups is 3. The maximum Gasteiger partial charge on any atom is 0.408 e. The van der Waals surface area contributed by atoms with Crippen molar-refractivity contribution in [3.05, 3.63) is 0 Å². The Morgan fingerprint density at radius 3 is 1.77 bits per heavy atom. The minimum absolute atomic E-state index is 0.969. The summed E-state index contributed by atoms with van der Waals surface area (Å²) < 4.78 is 60.9.